The summed E-state index contributed by atoms with van der Waals surface area (Å²) < 4.78 is 10.2. The number of hydrogen-bond acceptors (Lipinski definition) is 4. The molecule has 1 saturated heterocycles. The summed E-state index contributed by atoms with van der Waals surface area (Å²) in [5, 5.41) is 0.661. The van der Waals surface area contributed by atoms with E-state index in [9.17, 15) is 9.59 Å². The molecule has 0 spiro atoms. The Morgan fingerprint density at radius 3 is 1.95 bits per heavy atom. The molecule has 2 fully saturated rings. The molecule has 0 N–H and O–H groups in total. The van der Waals surface area contributed by atoms with Crippen LogP contribution < -0.4 is 11.2 Å². The van der Waals surface area contributed by atoms with Gasteiger partial charge < -0.3 is 9.64 Å². The summed E-state index contributed by atoms with van der Waals surface area (Å²) in [5.41, 5.74) is 2.91. The molecule has 1 aliphatic carbocycles. The second-order valence-electron chi connectivity index (χ2n) is 12.0. The van der Waals surface area contributed by atoms with Gasteiger partial charge in [0.15, 0.2) is 0 Å². The number of benzene rings is 3. The van der Waals surface area contributed by atoms with Crippen molar-refractivity contribution in [3.63, 3.8) is 0 Å². The predicted octanol–water partition coefficient (Wildman–Crippen LogP) is 6.72. The van der Waals surface area contributed by atoms with Crippen molar-refractivity contribution in [3.8, 4) is 0 Å². The Hall–Kier alpha value is -3.48. The van der Waals surface area contributed by atoms with Gasteiger partial charge >= 0.3 is 5.69 Å². The summed E-state index contributed by atoms with van der Waals surface area (Å²) in [6.45, 7) is 3.71. The Morgan fingerprint density at radius 2 is 1.29 bits per heavy atom. The Kier molecular flexibility index (Phi) is 9.31. The first-order valence-electron chi connectivity index (χ1n) is 15.9. The van der Waals surface area contributed by atoms with E-state index in [-0.39, 0.29) is 29.5 Å². The van der Waals surface area contributed by atoms with E-state index in [4.69, 9.17) is 4.74 Å². The highest BCUT2D eigenvalue weighted by Gasteiger charge is 2.25. The van der Waals surface area contributed by atoms with Gasteiger partial charge in [0.1, 0.15) is 6.10 Å². The average molecular weight is 566 g/mol. The normalized spacial score (nSPS) is 17.3. The van der Waals surface area contributed by atoms with Gasteiger partial charge in [-0.05, 0) is 68.3 Å². The monoisotopic (exact) mass is 565 g/mol. The number of piperidine rings is 1. The van der Waals surface area contributed by atoms with Crippen LogP contribution >= 0.6 is 0 Å². The topological polar surface area (TPSA) is 56.5 Å². The van der Waals surface area contributed by atoms with Crippen LogP contribution in [0.3, 0.4) is 0 Å². The van der Waals surface area contributed by atoms with Crippen LogP contribution in [0, 0.1) is 0 Å². The van der Waals surface area contributed by atoms with Crippen molar-refractivity contribution in [2.45, 2.75) is 82.6 Å². The van der Waals surface area contributed by atoms with E-state index in [0.717, 1.165) is 76.5 Å². The number of aromatic nitrogens is 2. The fraction of sp³-hybridized carbons (Fsp3) is 0.444. The molecule has 1 aliphatic heterocycles. The SMILES string of the molecule is O=c1c2ccccc2n(CCCCN2CCC(OC(c3ccccc3)c3ccccc3)CC2)c(=O)n1C1CCCCC1. The highest BCUT2D eigenvalue weighted by Crippen LogP contribution is 2.30. The molecule has 0 unspecified atom stereocenters. The van der Waals surface area contributed by atoms with Crippen molar-refractivity contribution in [1.29, 1.82) is 0 Å². The second-order valence-corrected chi connectivity index (χ2v) is 12.0. The Bertz CT molecular complexity index is 1510. The van der Waals surface area contributed by atoms with Crippen LogP contribution in [0.5, 0.6) is 0 Å². The van der Waals surface area contributed by atoms with Gasteiger partial charge in [0.05, 0.1) is 17.0 Å². The van der Waals surface area contributed by atoms with Gasteiger partial charge in [-0.25, -0.2) is 4.79 Å². The molecule has 6 heteroatoms. The van der Waals surface area contributed by atoms with Crippen LogP contribution in [-0.4, -0.2) is 39.8 Å². The minimum Gasteiger partial charge on any atom is -0.365 e. The molecular formula is C36H43N3O3. The molecule has 220 valence electrons. The molecule has 0 atom stereocenters. The second kappa shape index (κ2) is 13.7. The van der Waals surface area contributed by atoms with Gasteiger partial charge in [0.2, 0.25) is 0 Å². The molecule has 3 aromatic carbocycles. The number of aryl methyl sites for hydroxylation is 1. The number of unbranched alkanes of at least 4 members (excludes halogenated alkanes) is 1. The molecule has 42 heavy (non-hydrogen) atoms. The van der Waals surface area contributed by atoms with Gasteiger partial charge in [-0.2, -0.15) is 0 Å². The lowest BCUT2D eigenvalue weighted by Crippen LogP contribution is -2.43. The van der Waals surface area contributed by atoms with E-state index >= 15 is 0 Å². The van der Waals surface area contributed by atoms with Crippen LogP contribution in [0.1, 0.15) is 81.1 Å². The first-order chi connectivity index (χ1) is 20.7. The first kappa shape index (κ1) is 28.6. The average Bonchev–Trinajstić information content (AvgIpc) is 3.05. The molecule has 6 rings (SSSR count). The van der Waals surface area contributed by atoms with Crippen molar-refractivity contribution in [3.05, 3.63) is 117 Å². The molecule has 0 bridgehead atoms. The number of nitrogens with zero attached hydrogens (tertiary/aromatic N) is 3. The molecule has 2 aliphatic rings. The van der Waals surface area contributed by atoms with Crippen LogP contribution in [0.2, 0.25) is 0 Å². The van der Waals surface area contributed by atoms with Crippen molar-refractivity contribution < 1.29 is 4.74 Å². The molecular weight excluding hydrogens is 522 g/mol. The zero-order chi connectivity index (χ0) is 28.7. The molecule has 4 aromatic rings. The molecule has 0 amide bonds. The summed E-state index contributed by atoms with van der Waals surface area (Å²) in [7, 11) is 0. The molecule has 1 aromatic heterocycles. The summed E-state index contributed by atoms with van der Waals surface area (Å²) in [4.78, 5) is 29.5. The number of rotatable bonds is 10. The van der Waals surface area contributed by atoms with Crippen LogP contribution in [0.25, 0.3) is 10.9 Å². The first-order valence-corrected chi connectivity index (χ1v) is 15.9. The summed E-state index contributed by atoms with van der Waals surface area (Å²) in [6.07, 6.45) is 9.37. The smallest absolute Gasteiger partial charge is 0.331 e. The maximum absolute atomic E-state index is 13.6. The van der Waals surface area contributed by atoms with E-state index in [1.165, 1.54) is 17.5 Å². The fourth-order valence-electron chi connectivity index (χ4n) is 6.89. The lowest BCUT2D eigenvalue weighted by atomic mass is 9.95. The fourth-order valence-corrected chi connectivity index (χ4v) is 6.89. The number of hydrogen-bond donors (Lipinski definition) is 0. The van der Waals surface area contributed by atoms with Crippen LogP contribution in [0.15, 0.2) is 94.5 Å². The summed E-state index contributed by atoms with van der Waals surface area (Å²) in [5.74, 6) is 0. The number of likely N-dealkylation sites (tertiary alicyclic amines) is 1. The molecule has 2 heterocycles. The predicted molar refractivity (Wildman–Crippen MR) is 169 cm³/mol. The zero-order valence-electron chi connectivity index (χ0n) is 24.6. The Balaban J connectivity index is 1.05. The van der Waals surface area contributed by atoms with Crippen molar-refractivity contribution >= 4 is 10.9 Å². The van der Waals surface area contributed by atoms with Crippen molar-refractivity contribution in [2.24, 2.45) is 0 Å². The molecule has 0 radical (unpaired) electrons. The number of ether oxygens (including phenoxy) is 1. The van der Waals surface area contributed by atoms with Crippen LogP contribution in [0.4, 0.5) is 0 Å². The van der Waals surface area contributed by atoms with Gasteiger partial charge in [-0.1, -0.05) is 92.1 Å². The van der Waals surface area contributed by atoms with Crippen molar-refractivity contribution in [1.82, 2.24) is 14.0 Å². The van der Waals surface area contributed by atoms with Gasteiger partial charge in [0.25, 0.3) is 5.56 Å². The lowest BCUT2D eigenvalue weighted by Gasteiger charge is -2.34. The van der Waals surface area contributed by atoms with Crippen molar-refractivity contribution in [2.75, 3.05) is 19.6 Å². The summed E-state index contributed by atoms with van der Waals surface area (Å²) >= 11 is 0. The molecule has 6 nitrogen and oxygen atoms in total. The van der Waals surface area contributed by atoms with E-state index in [1.54, 1.807) is 4.57 Å². The Morgan fingerprint density at radius 1 is 0.690 bits per heavy atom. The summed E-state index contributed by atoms with van der Waals surface area (Å²) in [6, 6.07) is 28.7. The number of fused-ring (bicyclic) bond motifs is 1. The van der Waals surface area contributed by atoms with E-state index in [2.05, 4.69) is 65.6 Å². The van der Waals surface area contributed by atoms with Crippen LogP contribution in [-0.2, 0) is 11.3 Å². The maximum Gasteiger partial charge on any atom is 0.331 e. The largest absolute Gasteiger partial charge is 0.365 e. The van der Waals surface area contributed by atoms with E-state index in [1.807, 2.05) is 28.8 Å². The Labute approximate surface area is 248 Å². The van der Waals surface area contributed by atoms with E-state index in [0.29, 0.717) is 11.9 Å². The quantitative estimate of drug-likeness (QED) is 0.200. The van der Waals surface area contributed by atoms with E-state index < -0.39 is 0 Å². The maximum atomic E-state index is 13.6. The number of para-hydroxylation sites is 1. The third kappa shape index (κ3) is 6.45. The van der Waals surface area contributed by atoms with Gasteiger partial charge in [0, 0.05) is 25.7 Å². The minimum atomic E-state index is -0.130. The lowest BCUT2D eigenvalue weighted by molar-refractivity contribution is -0.0271. The highest BCUT2D eigenvalue weighted by atomic mass is 16.5. The zero-order valence-corrected chi connectivity index (χ0v) is 24.6. The minimum absolute atomic E-state index is 0.0292. The van der Waals surface area contributed by atoms with Gasteiger partial charge in [-0.15, -0.1) is 0 Å². The third-order valence-corrected chi connectivity index (χ3v) is 9.19. The molecule has 1 saturated carbocycles. The highest BCUT2D eigenvalue weighted by molar-refractivity contribution is 5.77. The standard InChI is InChI=1S/C36H43N3O3/c40-35-32-20-10-11-21-33(32)38(36(41)39(35)30-18-8-3-9-19-30)25-13-12-24-37-26-22-31(23-27-37)42-34(28-14-4-1-5-15-28)29-16-6-2-7-17-29/h1-2,4-7,10-11,14-17,20-21,30-31,34H,3,8-9,12-13,18-19,22-27H2. The third-order valence-electron chi connectivity index (χ3n) is 9.19. The van der Waals surface area contributed by atoms with Gasteiger partial charge in [-0.3, -0.25) is 13.9 Å².